The van der Waals surface area contributed by atoms with E-state index in [0.29, 0.717) is 17.3 Å². The number of anilines is 1. The number of esters is 1. The molecule has 80 valence electrons. The average Bonchev–Trinajstić information content (AvgIpc) is 2.17. The molecule has 0 radical (unpaired) electrons. The van der Waals surface area contributed by atoms with E-state index in [4.69, 9.17) is 22.1 Å². The summed E-state index contributed by atoms with van der Waals surface area (Å²) in [4.78, 5) is 14.8. The number of aromatic nitrogens is 1. The third-order valence-electron chi connectivity index (χ3n) is 1.61. The summed E-state index contributed by atoms with van der Waals surface area (Å²) in [5, 5.41) is 0.320. The lowest BCUT2D eigenvalue weighted by atomic mass is 10.2. The van der Waals surface area contributed by atoms with Crippen molar-refractivity contribution < 1.29 is 9.53 Å². The largest absolute Gasteiger partial charge is 0.463 e. The minimum atomic E-state index is -0.410. The Balaban J connectivity index is 2.76. The van der Waals surface area contributed by atoms with E-state index >= 15 is 0 Å². The molecule has 1 heterocycles. The van der Waals surface area contributed by atoms with Gasteiger partial charge in [0.25, 0.3) is 0 Å². The van der Waals surface area contributed by atoms with Crippen molar-refractivity contribution in [2.24, 2.45) is 0 Å². The minimum absolute atomic E-state index is 0.281. The normalized spacial score (nSPS) is 10.5. The Kier molecular flexibility index (Phi) is 4.12. The van der Waals surface area contributed by atoms with Crippen LogP contribution in [0.5, 0.6) is 0 Å². The second-order valence-corrected chi connectivity index (χ2v) is 3.08. The van der Waals surface area contributed by atoms with E-state index in [1.807, 2.05) is 0 Å². The van der Waals surface area contributed by atoms with Gasteiger partial charge in [-0.15, -0.1) is 0 Å². The fourth-order valence-electron chi connectivity index (χ4n) is 0.950. The molecule has 0 amide bonds. The monoisotopic (exact) mass is 226 g/mol. The van der Waals surface area contributed by atoms with Crippen molar-refractivity contribution in [2.45, 2.75) is 6.92 Å². The molecule has 1 rings (SSSR count). The Bertz CT molecular complexity index is 391. The number of ether oxygens (including phenoxy) is 1. The van der Waals surface area contributed by atoms with Gasteiger partial charge in [-0.3, -0.25) is 0 Å². The first-order chi connectivity index (χ1) is 7.13. The lowest BCUT2D eigenvalue weighted by molar-refractivity contribution is -0.137. The standard InChI is InChI=1S/C10H11ClN2O2/c1-2-15-9(14)6-4-7-3-5-8(11)13-10(7)12/h3-6H,2H2,1H3,(H2,12,13)/b6-4+. The van der Waals surface area contributed by atoms with Crippen molar-refractivity contribution in [3.63, 3.8) is 0 Å². The fourth-order valence-corrected chi connectivity index (χ4v) is 1.10. The Morgan fingerprint density at radius 3 is 3.00 bits per heavy atom. The maximum absolute atomic E-state index is 11.0. The number of nitrogens with zero attached hydrogens (tertiary/aromatic N) is 1. The highest BCUT2D eigenvalue weighted by Gasteiger charge is 1.99. The second-order valence-electron chi connectivity index (χ2n) is 2.69. The first kappa shape index (κ1) is 11.5. The van der Waals surface area contributed by atoms with Gasteiger partial charge in [0.05, 0.1) is 6.61 Å². The van der Waals surface area contributed by atoms with Gasteiger partial charge in [-0.25, -0.2) is 9.78 Å². The van der Waals surface area contributed by atoms with Gasteiger partial charge in [-0.2, -0.15) is 0 Å². The predicted molar refractivity (Wildman–Crippen MR) is 59.3 cm³/mol. The third kappa shape index (κ3) is 3.59. The highest BCUT2D eigenvalue weighted by atomic mass is 35.5. The van der Waals surface area contributed by atoms with E-state index in [1.165, 1.54) is 12.2 Å². The molecule has 15 heavy (non-hydrogen) atoms. The number of carbonyl (C=O) groups is 1. The van der Waals surface area contributed by atoms with Crippen LogP contribution in [-0.2, 0) is 9.53 Å². The van der Waals surface area contributed by atoms with Gasteiger partial charge in [-0.1, -0.05) is 11.6 Å². The molecule has 5 heteroatoms. The highest BCUT2D eigenvalue weighted by molar-refractivity contribution is 6.29. The molecule has 0 aliphatic carbocycles. The van der Waals surface area contributed by atoms with Gasteiger partial charge in [-0.05, 0) is 25.1 Å². The van der Waals surface area contributed by atoms with Crippen LogP contribution in [0.4, 0.5) is 5.82 Å². The molecule has 1 aromatic heterocycles. The third-order valence-corrected chi connectivity index (χ3v) is 1.82. The zero-order valence-corrected chi connectivity index (χ0v) is 8.99. The van der Waals surface area contributed by atoms with E-state index in [0.717, 1.165) is 0 Å². The summed E-state index contributed by atoms with van der Waals surface area (Å²) in [5.74, 6) is -0.130. The number of carbonyl (C=O) groups excluding carboxylic acids is 1. The van der Waals surface area contributed by atoms with E-state index < -0.39 is 5.97 Å². The zero-order chi connectivity index (χ0) is 11.3. The Labute approximate surface area is 92.7 Å². The molecule has 0 aromatic carbocycles. The van der Waals surface area contributed by atoms with Gasteiger partial charge >= 0.3 is 5.97 Å². The van der Waals surface area contributed by atoms with Crippen LogP contribution in [0.15, 0.2) is 18.2 Å². The summed E-state index contributed by atoms with van der Waals surface area (Å²) in [6.07, 6.45) is 2.83. The number of nitrogen functional groups attached to an aromatic ring is 1. The number of rotatable bonds is 3. The van der Waals surface area contributed by atoms with Crippen molar-refractivity contribution in [3.05, 3.63) is 28.9 Å². The summed E-state index contributed by atoms with van der Waals surface area (Å²) in [6, 6.07) is 3.28. The van der Waals surface area contributed by atoms with Gasteiger partial charge in [0.2, 0.25) is 0 Å². The second kappa shape index (κ2) is 5.36. The molecule has 2 N–H and O–H groups in total. The van der Waals surface area contributed by atoms with Crippen molar-refractivity contribution in [2.75, 3.05) is 12.3 Å². The summed E-state index contributed by atoms with van der Waals surface area (Å²) in [7, 11) is 0. The van der Waals surface area contributed by atoms with Crippen molar-refractivity contribution in [1.82, 2.24) is 4.98 Å². The maximum atomic E-state index is 11.0. The van der Waals surface area contributed by atoms with Crippen LogP contribution < -0.4 is 5.73 Å². The Morgan fingerprint density at radius 2 is 2.40 bits per heavy atom. The molecular formula is C10H11ClN2O2. The number of hydrogen-bond donors (Lipinski definition) is 1. The zero-order valence-electron chi connectivity index (χ0n) is 8.24. The summed E-state index contributed by atoms with van der Waals surface area (Å²) in [5.41, 5.74) is 6.21. The van der Waals surface area contributed by atoms with E-state index in [-0.39, 0.29) is 5.82 Å². The topological polar surface area (TPSA) is 65.2 Å². The fraction of sp³-hybridized carbons (Fsp3) is 0.200. The number of hydrogen-bond acceptors (Lipinski definition) is 4. The minimum Gasteiger partial charge on any atom is -0.463 e. The van der Waals surface area contributed by atoms with Crippen LogP contribution in [0.2, 0.25) is 5.15 Å². The molecule has 0 unspecified atom stereocenters. The van der Waals surface area contributed by atoms with Gasteiger partial charge in [0.1, 0.15) is 11.0 Å². The van der Waals surface area contributed by atoms with E-state index in [2.05, 4.69) is 4.98 Å². The van der Waals surface area contributed by atoms with Crippen LogP contribution in [-0.4, -0.2) is 17.6 Å². The lowest BCUT2D eigenvalue weighted by Gasteiger charge is -1.99. The number of nitrogens with two attached hydrogens (primary N) is 1. The Morgan fingerprint density at radius 1 is 1.67 bits per heavy atom. The molecule has 0 bridgehead atoms. The molecule has 0 saturated heterocycles. The molecule has 4 nitrogen and oxygen atoms in total. The molecule has 1 aromatic rings. The van der Waals surface area contributed by atoms with E-state index in [9.17, 15) is 4.79 Å². The number of halogens is 1. The lowest BCUT2D eigenvalue weighted by Crippen LogP contribution is -1.99. The smallest absolute Gasteiger partial charge is 0.330 e. The van der Waals surface area contributed by atoms with Crippen molar-refractivity contribution in [3.8, 4) is 0 Å². The van der Waals surface area contributed by atoms with Crippen molar-refractivity contribution in [1.29, 1.82) is 0 Å². The van der Waals surface area contributed by atoms with Crippen LogP contribution in [0.3, 0.4) is 0 Å². The van der Waals surface area contributed by atoms with Crippen LogP contribution in [0, 0.1) is 0 Å². The quantitative estimate of drug-likeness (QED) is 0.486. The molecule has 0 fully saturated rings. The molecular weight excluding hydrogens is 216 g/mol. The van der Waals surface area contributed by atoms with Crippen LogP contribution in [0.25, 0.3) is 6.08 Å². The SMILES string of the molecule is CCOC(=O)/C=C/c1ccc(Cl)nc1N. The first-order valence-electron chi connectivity index (χ1n) is 4.40. The molecule has 0 aliphatic rings. The average molecular weight is 227 g/mol. The van der Waals surface area contributed by atoms with Gasteiger partial charge in [0, 0.05) is 11.6 Å². The van der Waals surface area contributed by atoms with Gasteiger partial charge < -0.3 is 10.5 Å². The van der Waals surface area contributed by atoms with Crippen molar-refractivity contribution >= 4 is 29.5 Å². The predicted octanol–water partition coefficient (Wildman–Crippen LogP) is 1.89. The molecule has 0 spiro atoms. The maximum Gasteiger partial charge on any atom is 0.330 e. The molecule has 0 saturated carbocycles. The highest BCUT2D eigenvalue weighted by Crippen LogP contribution is 2.14. The van der Waals surface area contributed by atoms with Crippen LogP contribution in [0.1, 0.15) is 12.5 Å². The number of pyridine rings is 1. The van der Waals surface area contributed by atoms with E-state index in [1.54, 1.807) is 19.1 Å². The van der Waals surface area contributed by atoms with Gasteiger partial charge in [0.15, 0.2) is 0 Å². The summed E-state index contributed by atoms with van der Waals surface area (Å²) >= 11 is 5.62. The Hall–Kier alpha value is -1.55. The summed E-state index contributed by atoms with van der Waals surface area (Å²) < 4.78 is 4.71. The summed E-state index contributed by atoms with van der Waals surface area (Å²) in [6.45, 7) is 2.08. The first-order valence-corrected chi connectivity index (χ1v) is 4.78. The molecule has 0 aliphatic heterocycles. The molecule has 0 atom stereocenters. The van der Waals surface area contributed by atoms with Crippen LogP contribution >= 0.6 is 11.6 Å².